The first-order chi connectivity index (χ1) is 8.22. The quantitative estimate of drug-likeness (QED) is 0.841. The molecule has 1 atom stereocenters. The Kier molecular flexibility index (Phi) is 3.79. The lowest BCUT2D eigenvalue weighted by Crippen LogP contribution is -2.29. The van der Waals surface area contributed by atoms with Gasteiger partial charge in [-0.25, -0.2) is 0 Å². The summed E-state index contributed by atoms with van der Waals surface area (Å²) in [6.07, 6.45) is 2.71. The van der Waals surface area contributed by atoms with E-state index in [9.17, 15) is 4.79 Å². The number of carbonyl (C=O) groups excluding carboxylic acids is 1. The van der Waals surface area contributed by atoms with Gasteiger partial charge in [-0.15, -0.1) is 0 Å². The van der Waals surface area contributed by atoms with Crippen molar-refractivity contribution in [2.24, 2.45) is 0 Å². The molecule has 1 aromatic rings. The molecule has 1 N–H and O–H groups in total. The maximum atomic E-state index is 11.9. The summed E-state index contributed by atoms with van der Waals surface area (Å²) < 4.78 is 0. The van der Waals surface area contributed by atoms with Crippen LogP contribution in [-0.4, -0.2) is 25.5 Å². The van der Waals surface area contributed by atoms with Crippen molar-refractivity contribution in [1.82, 2.24) is 5.32 Å². The van der Waals surface area contributed by atoms with Crippen molar-refractivity contribution in [1.29, 1.82) is 0 Å². The number of hydrogen-bond acceptors (Lipinski definition) is 2. The molecule has 1 aromatic carbocycles. The van der Waals surface area contributed by atoms with Crippen molar-refractivity contribution in [3.05, 3.63) is 29.8 Å². The van der Waals surface area contributed by atoms with Crippen LogP contribution in [0.25, 0.3) is 0 Å². The molecular weight excluding hydrogens is 212 g/mol. The Morgan fingerprint density at radius 2 is 2.18 bits per heavy atom. The molecule has 1 heterocycles. The van der Waals surface area contributed by atoms with Gasteiger partial charge in [-0.05, 0) is 38.4 Å². The molecule has 0 aliphatic carbocycles. The minimum absolute atomic E-state index is 0.239. The van der Waals surface area contributed by atoms with Crippen LogP contribution in [0.5, 0.6) is 0 Å². The van der Waals surface area contributed by atoms with Gasteiger partial charge in [0, 0.05) is 18.3 Å². The van der Waals surface area contributed by atoms with Gasteiger partial charge in [-0.3, -0.25) is 4.79 Å². The molecule has 3 nitrogen and oxygen atoms in total. The molecule has 1 aliphatic rings. The Labute approximate surface area is 103 Å². The Hall–Kier alpha value is -1.35. The summed E-state index contributed by atoms with van der Waals surface area (Å²) in [5.41, 5.74) is 2.27. The van der Waals surface area contributed by atoms with E-state index in [1.807, 2.05) is 36.2 Å². The number of rotatable bonds is 5. The summed E-state index contributed by atoms with van der Waals surface area (Å²) in [6.45, 7) is 3.00. The highest BCUT2D eigenvalue weighted by atomic mass is 16.2. The van der Waals surface area contributed by atoms with E-state index >= 15 is 0 Å². The van der Waals surface area contributed by atoms with Crippen molar-refractivity contribution in [3.63, 3.8) is 0 Å². The smallest absolute Gasteiger partial charge is 0.231 e. The van der Waals surface area contributed by atoms with E-state index in [-0.39, 0.29) is 5.91 Å². The monoisotopic (exact) mass is 232 g/mol. The van der Waals surface area contributed by atoms with E-state index in [0.717, 1.165) is 25.1 Å². The van der Waals surface area contributed by atoms with Gasteiger partial charge in [0.2, 0.25) is 5.91 Å². The second-order valence-electron chi connectivity index (χ2n) is 4.68. The number of fused-ring (bicyclic) bond motifs is 1. The zero-order valence-electron chi connectivity index (χ0n) is 10.6. The van der Waals surface area contributed by atoms with Crippen molar-refractivity contribution in [3.8, 4) is 0 Å². The first-order valence-electron chi connectivity index (χ1n) is 6.28. The SMILES string of the molecule is CNC(C)CCCN1C(=O)Cc2ccccc21. The fourth-order valence-electron chi connectivity index (χ4n) is 2.26. The minimum atomic E-state index is 0.239. The predicted molar refractivity (Wildman–Crippen MR) is 70.3 cm³/mol. The van der Waals surface area contributed by atoms with Gasteiger partial charge in [0.15, 0.2) is 0 Å². The van der Waals surface area contributed by atoms with Crippen LogP contribution < -0.4 is 10.2 Å². The highest BCUT2D eigenvalue weighted by Crippen LogP contribution is 2.28. The summed E-state index contributed by atoms with van der Waals surface area (Å²) in [6, 6.07) is 8.60. The number of nitrogens with zero attached hydrogens (tertiary/aromatic N) is 1. The van der Waals surface area contributed by atoms with Crippen LogP contribution in [-0.2, 0) is 11.2 Å². The number of carbonyl (C=O) groups is 1. The van der Waals surface area contributed by atoms with Gasteiger partial charge in [-0.2, -0.15) is 0 Å². The number of benzene rings is 1. The number of para-hydroxylation sites is 1. The van der Waals surface area contributed by atoms with E-state index in [0.29, 0.717) is 12.5 Å². The fraction of sp³-hybridized carbons (Fsp3) is 0.500. The zero-order chi connectivity index (χ0) is 12.3. The lowest BCUT2D eigenvalue weighted by molar-refractivity contribution is -0.117. The molecule has 0 saturated carbocycles. The second kappa shape index (κ2) is 5.32. The van der Waals surface area contributed by atoms with E-state index < -0.39 is 0 Å². The average molecular weight is 232 g/mol. The maximum Gasteiger partial charge on any atom is 0.231 e. The van der Waals surface area contributed by atoms with E-state index in [2.05, 4.69) is 12.2 Å². The van der Waals surface area contributed by atoms with E-state index in [4.69, 9.17) is 0 Å². The third-order valence-corrected chi connectivity index (χ3v) is 3.44. The Morgan fingerprint density at radius 3 is 2.94 bits per heavy atom. The summed E-state index contributed by atoms with van der Waals surface area (Å²) >= 11 is 0. The number of anilines is 1. The highest BCUT2D eigenvalue weighted by Gasteiger charge is 2.25. The van der Waals surface area contributed by atoms with Crippen LogP contribution in [0, 0.1) is 0 Å². The molecule has 3 heteroatoms. The Morgan fingerprint density at radius 1 is 1.41 bits per heavy atom. The van der Waals surface area contributed by atoms with Gasteiger partial charge in [0.05, 0.1) is 6.42 Å². The van der Waals surface area contributed by atoms with Crippen molar-refractivity contribution < 1.29 is 4.79 Å². The zero-order valence-corrected chi connectivity index (χ0v) is 10.6. The second-order valence-corrected chi connectivity index (χ2v) is 4.68. The predicted octanol–water partition coefficient (Wildman–Crippen LogP) is 1.96. The van der Waals surface area contributed by atoms with Crippen LogP contribution in [0.3, 0.4) is 0 Å². The van der Waals surface area contributed by atoms with Crippen LogP contribution in [0.1, 0.15) is 25.3 Å². The summed E-state index contributed by atoms with van der Waals surface area (Å²) in [5, 5.41) is 3.22. The van der Waals surface area contributed by atoms with Gasteiger partial charge in [0.1, 0.15) is 0 Å². The average Bonchev–Trinajstić information content (AvgIpc) is 2.66. The molecule has 0 spiro atoms. The molecule has 0 fully saturated rings. The van der Waals surface area contributed by atoms with Gasteiger partial charge in [-0.1, -0.05) is 18.2 Å². The molecule has 0 bridgehead atoms. The summed E-state index contributed by atoms with van der Waals surface area (Å²) in [4.78, 5) is 13.8. The normalized spacial score (nSPS) is 16.1. The van der Waals surface area contributed by atoms with E-state index in [1.165, 1.54) is 5.56 Å². The first kappa shape index (κ1) is 12.1. The van der Waals surface area contributed by atoms with Gasteiger partial charge >= 0.3 is 0 Å². The largest absolute Gasteiger partial charge is 0.317 e. The Bertz CT molecular complexity index is 403. The number of amides is 1. The molecule has 0 aromatic heterocycles. The molecule has 0 saturated heterocycles. The lowest BCUT2D eigenvalue weighted by Gasteiger charge is -2.18. The molecule has 0 radical (unpaired) electrons. The van der Waals surface area contributed by atoms with Crippen LogP contribution in [0.2, 0.25) is 0 Å². The third-order valence-electron chi connectivity index (χ3n) is 3.44. The third kappa shape index (κ3) is 2.67. The molecule has 92 valence electrons. The topological polar surface area (TPSA) is 32.3 Å². The van der Waals surface area contributed by atoms with Crippen molar-refractivity contribution in [2.75, 3.05) is 18.5 Å². The summed E-state index contributed by atoms with van der Waals surface area (Å²) in [5.74, 6) is 0.239. The molecule has 2 rings (SSSR count). The molecular formula is C14H20N2O. The standard InChI is InChI=1S/C14H20N2O/c1-11(15-2)6-5-9-16-13-8-4-3-7-12(13)10-14(16)17/h3-4,7-8,11,15H,5-6,9-10H2,1-2H3. The molecule has 17 heavy (non-hydrogen) atoms. The first-order valence-corrected chi connectivity index (χ1v) is 6.28. The highest BCUT2D eigenvalue weighted by molar-refractivity contribution is 6.01. The number of hydrogen-bond donors (Lipinski definition) is 1. The van der Waals surface area contributed by atoms with Crippen LogP contribution in [0.4, 0.5) is 5.69 Å². The minimum Gasteiger partial charge on any atom is -0.317 e. The fourth-order valence-corrected chi connectivity index (χ4v) is 2.26. The maximum absolute atomic E-state index is 11.9. The van der Waals surface area contributed by atoms with E-state index in [1.54, 1.807) is 0 Å². The van der Waals surface area contributed by atoms with Crippen LogP contribution >= 0.6 is 0 Å². The summed E-state index contributed by atoms with van der Waals surface area (Å²) in [7, 11) is 1.97. The molecule has 1 aliphatic heterocycles. The van der Waals surface area contributed by atoms with Gasteiger partial charge < -0.3 is 10.2 Å². The number of nitrogens with one attached hydrogen (secondary N) is 1. The Balaban J connectivity index is 1.95. The lowest BCUT2D eigenvalue weighted by atomic mass is 10.1. The molecule has 1 amide bonds. The van der Waals surface area contributed by atoms with Crippen molar-refractivity contribution >= 4 is 11.6 Å². The van der Waals surface area contributed by atoms with Crippen molar-refractivity contribution in [2.45, 2.75) is 32.2 Å². The molecule has 1 unspecified atom stereocenters. The van der Waals surface area contributed by atoms with Gasteiger partial charge in [0.25, 0.3) is 0 Å². The van der Waals surface area contributed by atoms with Crippen LogP contribution in [0.15, 0.2) is 24.3 Å².